The van der Waals surface area contributed by atoms with Crippen LogP contribution in [0.4, 0.5) is 0 Å². The van der Waals surface area contributed by atoms with Crippen LogP contribution in [-0.2, 0) is 14.9 Å². The predicted octanol–water partition coefficient (Wildman–Crippen LogP) is 14.5. The van der Waals surface area contributed by atoms with E-state index >= 15 is 0 Å². The van der Waals surface area contributed by atoms with Gasteiger partial charge in [-0.15, -0.1) is 0 Å². The third-order valence-corrected chi connectivity index (χ3v) is 12.0. The molecule has 6 nitrogen and oxygen atoms in total. The quantitative estimate of drug-likeness (QED) is 0.0324. The normalized spacial score (nSPS) is 13.2. The van der Waals surface area contributed by atoms with Crippen LogP contribution in [-0.4, -0.2) is 41.9 Å². The fraction of sp³-hybridized carbons (Fsp3) is 0.936. The van der Waals surface area contributed by atoms with E-state index in [4.69, 9.17) is 0 Å². The molecule has 0 rings (SSSR count). The maximum absolute atomic E-state index is 12.6. The monoisotopic (exact) mass is 784 g/mol. The lowest BCUT2D eigenvalue weighted by Gasteiger charge is -2.23. The summed E-state index contributed by atoms with van der Waals surface area (Å²) < 4.78 is 32.7. The number of unbranched alkanes of at least 4 members (excludes halogenated alkanes) is 34. The third-order valence-electron chi connectivity index (χ3n) is 11.2. The third kappa shape index (κ3) is 42.2. The molecule has 0 aromatic rings. The van der Waals surface area contributed by atoms with Gasteiger partial charge in [0.1, 0.15) is 0 Å². The Kier molecular flexibility index (Phi) is 41.0. The Bertz CT molecular complexity index is 908. The summed E-state index contributed by atoms with van der Waals surface area (Å²) in [5.74, 6) is -0.888. The zero-order valence-corrected chi connectivity index (χ0v) is 36.9. The molecule has 7 heteroatoms. The number of carbonyl (C=O) groups excluding carboxylic acids is 1. The van der Waals surface area contributed by atoms with Gasteiger partial charge in [-0.05, 0) is 38.5 Å². The van der Waals surface area contributed by atoms with Crippen LogP contribution in [0.3, 0.4) is 0 Å². The molecule has 0 fully saturated rings. The van der Waals surface area contributed by atoms with E-state index in [2.05, 4.69) is 31.3 Å². The van der Waals surface area contributed by atoms with E-state index in [1.807, 2.05) is 0 Å². The van der Waals surface area contributed by atoms with Gasteiger partial charge in [-0.25, -0.2) is 0 Å². The van der Waals surface area contributed by atoms with E-state index in [1.54, 1.807) is 0 Å². The van der Waals surface area contributed by atoms with Gasteiger partial charge in [0, 0.05) is 6.42 Å². The zero-order valence-electron chi connectivity index (χ0n) is 36.1. The number of hydrogen-bond acceptors (Lipinski definition) is 4. The fourth-order valence-electron chi connectivity index (χ4n) is 7.63. The first-order valence-corrected chi connectivity index (χ1v) is 25.5. The van der Waals surface area contributed by atoms with Crippen molar-refractivity contribution < 1.29 is 22.9 Å². The number of aliphatic hydroxyl groups is 1. The molecule has 2 atom stereocenters. The van der Waals surface area contributed by atoms with Gasteiger partial charge in [0.15, 0.2) is 0 Å². The van der Waals surface area contributed by atoms with Crippen LogP contribution in [0.5, 0.6) is 0 Å². The first-order chi connectivity index (χ1) is 26.3. The summed E-state index contributed by atoms with van der Waals surface area (Å²) >= 11 is 0. The highest BCUT2D eigenvalue weighted by molar-refractivity contribution is 7.85. The van der Waals surface area contributed by atoms with Crippen LogP contribution >= 0.6 is 0 Å². The molecule has 0 radical (unpaired) electrons. The molecule has 2 unspecified atom stereocenters. The van der Waals surface area contributed by atoms with Crippen molar-refractivity contribution in [2.24, 2.45) is 0 Å². The summed E-state index contributed by atoms with van der Waals surface area (Å²) in [5, 5.41) is 13.4. The van der Waals surface area contributed by atoms with Crippen LogP contribution in [0.25, 0.3) is 0 Å². The summed E-state index contributed by atoms with van der Waals surface area (Å²) in [6, 6.07) is -0.969. The molecule has 3 N–H and O–H groups in total. The molecule has 0 saturated heterocycles. The number of carbonyl (C=O) groups is 1. The average Bonchev–Trinajstić information content (AvgIpc) is 3.14. The molecule has 0 aromatic heterocycles. The van der Waals surface area contributed by atoms with E-state index in [0.717, 1.165) is 38.5 Å². The minimum atomic E-state index is -4.31. The molecular formula is C47H93NO5S. The highest BCUT2D eigenvalue weighted by atomic mass is 32.2. The second-order valence-corrected chi connectivity index (χ2v) is 18.2. The van der Waals surface area contributed by atoms with Gasteiger partial charge in [0.25, 0.3) is 10.1 Å². The average molecular weight is 784 g/mol. The summed E-state index contributed by atoms with van der Waals surface area (Å²) in [7, 11) is -4.31. The first kappa shape index (κ1) is 53.1. The van der Waals surface area contributed by atoms with E-state index in [9.17, 15) is 22.9 Å². The van der Waals surface area contributed by atoms with Crippen molar-refractivity contribution in [3.8, 4) is 0 Å². The predicted molar refractivity (Wildman–Crippen MR) is 235 cm³/mol. The van der Waals surface area contributed by atoms with Crippen molar-refractivity contribution in [2.45, 2.75) is 276 Å². The molecule has 0 aliphatic heterocycles. The Hall–Kier alpha value is -0.920. The van der Waals surface area contributed by atoms with Crippen LogP contribution in [0.15, 0.2) is 12.2 Å². The molecule has 0 aromatic carbocycles. The Morgan fingerprint density at radius 2 is 0.778 bits per heavy atom. The smallest absolute Gasteiger partial charge is 0.266 e. The molecule has 54 heavy (non-hydrogen) atoms. The Morgan fingerprint density at radius 1 is 0.481 bits per heavy atom. The summed E-state index contributed by atoms with van der Waals surface area (Å²) in [5.41, 5.74) is 0. The Labute approximate surface area is 337 Å². The molecule has 0 bridgehead atoms. The maximum atomic E-state index is 12.6. The number of amides is 1. The Morgan fingerprint density at radius 3 is 1.11 bits per heavy atom. The van der Waals surface area contributed by atoms with E-state index in [-0.39, 0.29) is 5.91 Å². The SMILES string of the molecule is CCCCCCCC/C=C\CCCCCCCCCCCC(=O)NC(CS(=O)(=O)O)C(O)CCCCCCCCCCCCCCCCCCCCCC. The van der Waals surface area contributed by atoms with Gasteiger partial charge < -0.3 is 10.4 Å². The van der Waals surface area contributed by atoms with Crippen molar-refractivity contribution in [3.63, 3.8) is 0 Å². The molecule has 322 valence electrons. The second-order valence-electron chi connectivity index (χ2n) is 16.7. The lowest BCUT2D eigenvalue weighted by atomic mass is 10.0. The summed E-state index contributed by atoms with van der Waals surface area (Å²) in [4.78, 5) is 12.6. The lowest BCUT2D eigenvalue weighted by Crippen LogP contribution is -2.47. The van der Waals surface area contributed by atoms with Gasteiger partial charge in [0.2, 0.25) is 5.91 Å². The number of aliphatic hydroxyl groups excluding tert-OH is 1. The fourth-order valence-corrected chi connectivity index (χ4v) is 8.39. The van der Waals surface area contributed by atoms with Crippen LogP contribution in [0.2, 0.25) is 0 Å². The first-order valence-electron chi connectivity index (χ1n) is 23.9. The van der Waals surface area contributed by atoms with E-state index in [0.29, 0.717) is 12.8 Å². The highest BCUT2D eigenvalue weighted by Crippen LogP contribution is 2.17. The van der Waals surface area contributed by atoms with E-state index < -0.39 is 28.0 Å². The van der Waals surface area contributed by atoms with Gasteiger partial charge >= 0.3 is 0 Å². The van der Waals surface area contributed by atoms with Crippen molar-refractivity contribution in [3.05, 3.63) is 12.2 Å². The maximum Gasteiger partial charge on any atom is 0.266 e. The van der Waals surface area contributed by atoms with Crippen LogP contribution in [0, 0.1) is 0 Å². The van der Waals surface area contributed by atoms with Crippen LogP contribution in [0.1, 0.15) is 264 Å². The van der Waals surface area contributed by atoms with Gasteiger partial charge in [0.05, 0.1) is 17.9 Å². The standard InChI is InChI=1S/C47H93NO5S/c1-3-5-7-9-11-13-15-17-19-21-23-25-26-28-30-32-34-36-38-40-42-46(49)45(44-54(51,52)53)48-47(50)43-41-39-37-35-33-31-29-27-24-22-20-18-16-14-12-10-8-6-4-2/h18,20,45-46,49H,3-17,19,21-44H2,1-2H3,(H,48,50)(H,51,52,53)/b20-18-. The largest absolute Gasteiger partial charge is 0.391 e. The number of rotatable bonds is 44. The molecular weight excluding hydrogens is 691 g/mol. The molecule has 0 aliphatic rings. The zero-order chi connectivity index (χ0) is 39.6. The van der Waals surface area contributed by atoms with Gasteiger partial charge in [-0.3, -0.25) is 9.35 Å². The minimum absolute atomic E-state index is 0.243. The molecule has 0 heterocycles. The van der Waals surface area contributed by atoms with E-state index in [1.165, 1.54) is 199 Å². The number of hydrogen-bond donors (Lipinski definition) is 3. The second kappa shape index (κ2) is 41.7. The summed E-state index contributed by atoms with van der Waals surface area (Å²) in [6.45, 7) is 4.55. The van der Waals surface area contributed by atoms with Crippen molar-refractivity contribution >= 4 is 16.0 Å². The lowest BCUT2D eigenvalue weighted by molar-refractivity contribution is -0.122. The molecule has 1 amide bonds. The molecule has 0 spiro atoms. The van der Waals surface area contributed by atoms with Crippen LogP contribution < -0.4 is 5.32 Å². The van der Waals surface area contributed by atoms with Gasteiger partial charge in [-0.1, -0.05) is 231 Å². The van der Waals surface area contributed by atoms with Gasteiger partial charge in [-0.2, -0.15) is 8.42 Å². The Balaban J connectivity index is 3.76. The highest BCUT2D eigenvalue weighted by Gasteiger charge is 2.26. The topological polar surface area (TPSA) is 104 Å². The van der Waals surface area contributed by atoms with Crippen molar-refractivity contribution in [1.29, 1.82) is 0 Å². The molecule has 0 saturated carbocycles. The van der Waals surface area contributed by atoms with Crippen molar-refractivity contribution in [2.75, 3.05) is 5.75 Å². The minimum Gasteiger partial charge on any atom is -0.391 e. The van der Waals surface area contributed by atoms with Crippen molar-refractivity contribution in [1.82, 2.24) is 5.32 Å². The number of nitrogens with one attached hydrogen (secondary N) is 1. The number of allylic oxidation sites excluding steroid dienone is 2. The molecule has 0 aliphatic carbocycles. The summed E-state index contributed by atoms with van der Waals surface area (Å²) in [6.07, 6.45) is 51.7.